The van der Waals surface area contributed by atoms with E-state index < -0.39 is 11.9 Å². The number of hydrogen-bond donors (Lipinski definition) is 2. The molecular weight excluding hydrogens is 420 g/mol. The van der Waals surface area contributed by atoms with Gasteiger partial charge in [-0.2, -0.15) is 0 Å². The SMILES string of the molecule is O=CCN(CC(=O)O)c1ccccc1OCCOc1ccccc1N(CC=O)CC(=O)O. The van der Waals surface area contributed by atoms with E-state index in [2.05, 4.69) is 0 Å². The lowest BCUT2D eigenvalue weighted by atomic mass is 10.2. The number of nitrogens with zero attached hydrogens (tertiary/aromatic N) is 2. The van der Waals surface area contributed by atoms with E-state index in [0.717, 1.165) is 0 Å². The maximum absolute atomic E-state index is 11.1. The predicted octanol–water partition coefficient (Wildman–Crippen LogP) is 1.32. The molecule has 32 heavy (non-hydrogen) atoms. The van der Waals surface area contributed by atoms with Crippen LogP contribution in [0.4, 0.5) is 11.4 Å². The van der Waals surface area contributed by atoms with Gasteiger partial charge in [0.25, 0.3) is 0 Å². The molecule has 2 rings (SSSR count). The van der Waals surface area contributed by atoms with Crippen molar-refractivity contribution in [2.45, 2.75) is 0 Å². The topological polar surface area (TPSA) is 134 Å². The Morgan fingerprint density at radius 1 is 0.719 bits per heavy atom. The number of aliphatic carboxylic acids is 2. The van der Waals surface area contributed by atoms with E-state index in [0.29, 0.717) is 35.4 Å². The molecule has 0 aliphatic heterocycles. The number of ether oxygens (including phenoxy) is 2. The average molecular weight is 444 g/mol. The minimum Gasteiger partial charge on any atom is -0.488 e. The van der Waals surface area contributed by atoms with Crippen molar-refractivity contribution in [3.05, 3.63) is 48.5 Å². The molecule has 10 nitrogen and oxygen atoms in total. The van der Waals surface area contributed by atoms with Gasteiger partial charge in [-0.3, -0.25) is 9.59 Å². The Labute approximate surface area is 184 Å². The fraction of sp³-hybridized carbons (Fsp3) is 0.273. The van der Waals surface area contributed by atoms with Crippen molar-refractivity contribution in [1.29, 1.82) is 0 Å². The van der Waals surface area contributed by atoms with E-state index in [1.54, 1.807) is 48.5 Å². The standard InChI is InChI=1S/C22H24N2O8/c25-11-9-23(15-21(27)28)17-5-1-3-7-19(17)31-13-14-32-20-8-4-2-6-18(20)24(10-12-26)16-22(29)30/h1-8,11-12H,9-10,13-16H2,(H,27,28)(H,29,30). The van der Waals surface area contributed by atoms with Crippen LogP contribution in [-0.4, -0.2) is 74.1 Å². The van der Waals surface area contributed by atoms with E-state index in [-0.39, 0.29) is 39.4 Å². The molecule has 0 bridgehead atoms. The molecule has 0 amide bonds. The zero-order chi connectivity index (χ0) is 23.3. The van der Waals surface area contributed by atoms with E-state index in [4.69, 9.17) is 19.7 Å². The van der Waals surface area contributed by atoms with Crippen LogP contribution in [0.5, 0.6) is 11.5 Å². The number of aldehydes is 2. The summed E-state index contributed by atoms with van der Waals surface area (Å²) in [6.07, 6.45) is 1.23. The van der Waals surface area contributed by atoms with Gasteiger partial charge >= 0.3 is 11.9 Å². The second kappa shape index (κ2) is 12.6. The summed E-state index contributed by atoms with van der Waals surface area (Å²) in [5.74, 6) is -1.38. The molecule has 0 fully saturated rings. The fourth-order valence-electron chi connectivity index (χ4n) is 2.99. The van der Waals surface area contributed by atoms with Crippen LogP contribution in [0, 0.1) is 0 Å². The summed E-state index contributed by atoms with van der Waals surface area (Å²) in [4.78, 5) is 46.9. The summed E-state index contributed by atoms with van der Waals surface area (Å²) in [7, 11) is 0. The summed E-state index contributed by atoms with van der Waals surface area (Å²) in [5, 5.41) is 18.2. The minimum absolute atomic E-state index is 0.0972. The summed E-state index contributed by atoms with van der Waals surface area (Å²) < 4.78 is 11.5. The normalized spacial score (nSPS) is 10.1. The van der Waals surface area contributed by atoms with Crippen LogP contribution >= 0.6 is 0 Å². The van der Waals surface area contributed by atoms with E-state index in [9.17, 15) is 19.2 Å². The number of carboxylic acid groups (broad SMARTS) is 2. The quantitative estimate of drug-likeness (QED) is 0.306. The van der Waals surface area contributed by atoms with E-state index in [1.165, 1.54) is 9.80 Å². The molecule has 0 heterocycles. The molecule has 2 N–H and O–H groups in total. The number of hydrogen-bond acceptors (Lipinski definition) is 8. The minimum atomic E-state index is -1.08. The molecule has 0 aromatic heterocycles. The van der Waals surface area contributed by atoms with Gasteiger partial charge < -0.3 is 39.1 Å². The molecule has 0 saturated carbocycles. The molecule has 10 heteroatoms. The number of anilines is 2. The van der Waals surface area contributed by atoms with Gasteiger partial charge in [-0.1, -0.05) is 24.3 Å². The van der Waals surface area contributed by atoms with Crippen LogP contribution < -0.4 is 19.3 Å². The second-order valence-corrected chi connectivity index (χ2v) is 6.51. The largest absolute Gasteiger partial charge is 0.488 e. The second-order valence-electron chi connectivity index (χ2n) is 6.51. The highest BCUT2D eigenvalue weighted by atomic mass is 16.5. The van der Waals surface area contributed by atoms with Crippen molar-refractivity contribution in [2.75, 3.05) is 49.2 Å². The fourth-order valence-corrected chi connectivity index (χ4v) is 2.99. The van der Waals surface area contributed by atoms with Crippen LogP contribution in [0.15, 0.2) is 48.5 Å². The summed E-state index contributed by atoms with van der Waals surface area (Å²) in [5.41, 5.74) is 0.919. The third-order valence-corrected chi connectivity index (χ3v) is 4.25. The third kappa shape index (κ3) is 7.31. The Kier molecular flexibility index (Phi) is 9.51. The molecular formula is C22H24N2O8. The van der Waals surface area contributed by atoms with Gasteiger partial charge in [-0.15, -0.1) is 0 Å². The Hall–Kier alpha value is -4.08. The Balaban J connectivity index is 2.06. The molecule has 0 radical (unpaired) electrons. The monoisotopic (exact) mass is 444 g/mol. The van der Waals surface area contributed by atoms with Crippen LogP contribution in [0.2, 0.25) is 0 Å². The van der Waals surface area contributed by atoms with Crippen molar-refractivity contribution in [3.8, 4) is 11.5 Å². The third-order valence-electron chi connectivity index (χ3n) is 4.25. The highest BCUT2D eigenvalue weighted by molar-refractivity contribution is 5.78. The molecule has 2 aromatic rings. The van der Waals surface area contributed by atoms with Crippen molar-refractivity contribution < 1.29 is 38.9 Å². The number of carbonyl (C=O) groups is 4. The molecule has 0 unspecified atom stereocenters. The Morgan fingerprint density at radius 3 is 1.44 bits per heavy atom. The number of carbonyl (C=O) groups excluding carboxylic acids is 2. The Bertz CT molecular complexity index is 858. The van der Waals surface area contributed by atoms with Gasteiger partial charge in [0.15, 0.2) is 0 Å². The Morgan fingerprint density at radius 2 is 1.09 bits per heavy atom. The average Bonchev–Trinajstić information content (AvgIpc) is 2.76. The van der Waals surface area contributed by atoms with Crippen molar-refractivity contribution in [3.63, 3.8) is 0 Å². The lowest BCUT2D eigenvalue weighted by Gasteiger charge is -2.24. The maximum atomic E-state index is 11.1. The van der Waals surface area contributed by atoms with Gasteiger partial charge in [-0.25, -0.2) is 0 Å². The predicted molar refractivity (Wildman–Crippen MR) is 116 cm³/mol. The van der Waals surface area contributed by atoms with E-state index >= 15 is 0 Å². The summed E-state index contributed by atoms with van der Waals surface area (Å²) in [6.45, 7) is -0.739. The van der Waals surface area contributed by atoms with Crippen LogP contribution in [0.3, 0.4) is 0 Å². The maximum Gasteiger partial charge on any atom is 0.323 e. The van der Waals surface area contributed by atoms with Crippen molar-refractivity contribution >= 4 is 35.9 Å². The first-order valence-electron chi connectivity index (χ1n) is 9.70. The van der Waals surface area contributed by atoms with E-state index in [1.807, 2.05) is 0 Å². The van der Waals surface area contributed by atoms with Gasteiger partial charge in [0, 0.05) is 0 Å². The van der Waals surface area contributed by atoms with Gasteiger partial charge in [0.2, 0.25) is 0 Å². The first-order valence-corrected chi connectivity index (χ1v) is 9.70. The zero-order valence-corrected chi connectivity index (χ0v) is 17.3. The lowest BCUT2D eigenvalue weighted by molar-refractivity contribution is -0.136. The number of carboxylic acids is 2. The van der Waals surface area contributed by atoms with Gasteiger partial charge in [0.05, 0.1) is 24.5 Å². The van der Waals surface area contributed by atoms with Crippen molar-refractivity contribution in [2.24, 2.45) is 0 Å². The molecule has 0 aliphatic carbocycles. The zero-order valence-electron chi connectivity index (χ0n) is 17.3. The molecule has 170 valence electrons. The smallest absolute Gasteiger partial charge is 0.323 e. The van der Waals surface area contributed by atoms with Crippen LogP contribution in [-0.2, 0) is 19.2 Å². The first-order chi connectivity index (χ1) is 15.5. The molecule has 0 saturated heterocycles. The highest BCUT2D eigenvalue weighted by Crippen LogP contribution is 2.29. The summed E-state index contributed by atoms with van der Waals surface area (Å²) >= 11 is 0. The summed E-state index contributed by atoms with van der Waals surface area (Å²) in [6, 6.07) is 13.5. The van der Waals surface area contributed by atoms with Crippen LogP contribution in [0.1, 0.15) is 0 Å². The highest BCUT2D eigenvalue weighted by Gasteiger charge is 2.16. The molecule has 2 aromatic carbocycles. The first kappa shape index (κ1) is 24.2. The van der Waals surface area contributed by atoms with Crippen molar-refractivity contribution in [1.82, 2.24) is 0 Å². The van der Waals surface area contributed by atoms with Gasteiger partial charge in [0.1, 0.15) is 50.4 Å². The van der Waals surface area contributed by atoms with Crippen LogP contribution in [0.25, 0.3) is 0 Å². The van der Waals surface area contributed by atoms with Gasteiger partial charge in [-0.05, 0) is 24.3 Å². The number of rotatable bonds is 15. The lowest BCUT2D eigenvalue weighted by Crippen LogP contribution is -2.32. The number of para-hydroxylation sites is 4. The molecule has 0 atom stereocenters. The number of benzene rings is 2. The molecule has 0 aliphatic rings. The molecule has 0 spiro atoms.